The van der Waals surface area contributed by atoms with Crippen LogP contribution in [0.2, 0.25) is 0 Å². The fraction of sp³-hybridized carbons (Fsp3) is 0.214. The van der Waals surface area contributed by atoms with Crippen LogP contribution in [0.25, 0.3) is 0 Å². The smallest absolute Gasteiger partial charge is 0.338 e. The minimum atomic E-state index is -0.382. The second kappa shape index (κ2) is 6.01. The number of nitrogens with one attached hydrogen (secondary N) is 2. The molecule has 0 saturated carbocycles. The number of ether oxygens (including phenoxy) is 1. The standard InChI is InChI=1S/C14H15N3O3/c1-9(2)20-14(19)10-3-5-12(6-4-10)17-13(18)11-7-15-16-8-11/h3-9H,1-2H3,(H,15,16)(H,17,18). The Morgan fingerprint density at radius 1 is 1.20 bits per heavy atom. The molecule has 0 aliphatic carbocycles. The van der Waals surface area contributed by atoms with Gasteiger partial charge in [-0.05, 0) is 38.1 Å². The molecule has 1 aromatic heterocycles. The van der Waals surface area contributed by atoms with Crippen LogP contribution < -0.4 is 5.32 Å². The highest BCUT2D eigenvalue weighted by Crippen LogP contribution is 2.12. The summed E-state index contributed by atoms with van der Waals surface area (Å²) in [6.45, 7) is 3.58. The Labute approximate surface area is 116 Å². The molecule has 0 atom stereocenters. The number of nitrogens with zero attached hydrogens (tertiary/aromatic N) is 1. The summed E-state index contributed by atoms with van der Waals surface area (Å²) in [5, 5.41) is 8.97. The Balaban J connectivity index is 2.01. The lowest BCUT2D eigenvalue weighted by molar-refractivity contribution is 0.0378. The van der Waals surface area contributed by atoms with Crippen LogP contribution in [-0.2, 0) is 4.74 Å². The SMILES string of the molecule is CC(C)OC(=O)c1ccc(NC(=O)c2cn[nH]c2)cc1. The number of esters is 1. The van der Waals surface area contributed by atoms with Crippen molar-refractivity contribution in [3.63, 3.8) is 0 Å². The molecule has 0 unspecified atom stereocenters. The molecule has 2 N–H and O–H groups in total. The summed E-state index contributed by atoms with van der Waals surface area (Å²) in [5.74, 6) is -0.649. The van der Waals surface area contributed by atoms with Crippen molar-refractivity contribution in [1.29, 1.82) is 0 Å². The van der Waals surface area contributed by atoms with Gasteiger partial charge in [-0.2, -0.15) is 5.10 Å². The van der Waals surface area contributed by atoms with Crippen molar-refractivity contribution >= 4 is 17.6 Å². The molecule has 0 spiro atoms. The maximum Gasteiger partial charge on any atom is 0.338 e. The number of hydrogen-bond acceptors (Lipinski definition) is 4. The normalized spacial score (nSPS) is 10.3. The first-order valence-corrected chi connectivity index (χ1v) is 6.17. The molecule has 104 valence electrons. The number of amides is 1. The molecular formula is C14H15N3O3. The van der Waals surface area contributed by atoms with Gasteiger partial charge in [-0.15, -0.1) is 0 Å². The molecule has 6 nitrogen and oxygen atoms in total. The molecule has 2 aromatic rings. The van der Waals surface area contributed by atoms with E-state index in [1.54, 1.807) is 38.1 Å². The summed E-state index contributed by atoms with van der Waals surface area (Å²) < 4.78 is 5.08. The highest BCUT2D eigenvalue weighted by Gasteiger charge is 2.10. The summed E-state index contributed by atoms with van der Waals surface area (Å²) >= 11 is 0. The van der Waals surface area contributed by atoms with Gasteiger partial charge < -0.3 is 10.1 Å². The lowest BCUT2D eigenvalue weighted by atomic mass is 10.2. The number of hydrogen-bond donors (Lipinski definition) is 2. The number of carbonyl (C=O) groups excluding carboxylic acids is 2. The number of anilines is 1. The largest absolute Gasteiger partial charge is 0.459 e. The highest BCUT2D eigenvalue weighted by atomic mass is 16.5. The number of carbonyl (C=O) groups is 2. The van der Waals surface area contributed by atoms with Crippen molar-refractivity contribution in [2.24, 2.45) is 0 Å². The van der Waals surface area contributed by atoms with Gasteiger partial charge in [0.05, 0.1) is 23.4 Å². The van der Waals surface area contributed by atoms with E-state index in [2.05, 4.69) is 15.5 Å². The Kier molecular flexibility index (Phi) is 4.14. The zero-order chi connectivity index (χ0) is 14.5. The van der Waals surface area contributed by atoms with E-state index in [9.17, 15) is 9.59 Å². The Bertz CT molecular complexity index is 589. The summed E-state index contributed by atoms with van der Waals surface area (Å²) in [4.78, 5) is 23.4. The summed E-state index contributed by atoms with van der Waals surface area (Å²) in [7, 11) is 0. The zero-order valence-corrected chi connectivity index (χ0v) is 11.2. The van der Waals surface area contributed by atoms with E-state index in [0.29, 0.717) is 16.8 Å². The molecule has 2 rings (SSSR count). The molecule has 1 heterocycles. The molecule has 0 aliphatic rings. The molecule has 0 radical (unpaired) electrons. The summed E-state index contributed by atoms with van der Waals surface area (Å²) in [5.41, 5.74) is 1.48. The third-order valence-electron chi connectivity index (χ3n) is 2.48. The second-order valence-corrected chi connectivity index (χ2v) is 4.47. The van der Waals surface area contributed by atoms with E-state index < -0.39 is 0 Å². The van der Waals surface area contributed by atoms with Crippen LogP contribution in [0.5, 0.6) is 0 Å². The average Bonchev–Trinajstić information content (AvgIpc) is 2.92. The van der Waals surface area contributed by atoms with Gasteiger partial charge in [0.25, 0.3) is 5.91 Å². The van der Waals surface area contributed by atoms with Gasteiger partial charge >= 0.3 is 5.97 Å². The number of aromatic nitrogens is 2. The molecule has 1 aromatic carbocycles. The third kappa shape index (κ3) is 3.44. The molecule has 0 aliphatic heterocycles. The minimum Gasteiger partial charge on any atom is -0.459 e. The number of aromatic amines is 1. The van der Waals surface area contributed by atoms with E-state index >= 15 is 0 Å². The second-order valence-electron chi connectivity index (χ2n) is 4.47. The van der Waals surface area contributed by atoms with Crippen LogP contribution in [0.15, 0.2) is 36.7 Å². The first-order valence-electron chi connectivity index (χ1n) is 6.17. The van der Waals surface area contributed by atoms with Gasteiger partial charge in [0.15, 0.2) is 0 Å². The van der Waals surface area contributed by atoms with E-state index in [0.717, 1.165) is 0 Å². The van der Waals surface area contributed by atoms with E-state index in [-0.39, 0.29) is 18.0 Å². The van der Waals surface area contributed by atoms with Crippen molar-refractivity contribution in [1.82, 2.24) is 10.2 Å². The van der Waals surface area contributed by atoms with Crippen molar-refractivity contribution < 1.29 is 14.3 Å². The van der Waals surface area contributed by atoms with Crippen molar-refractivity contribution in [2.75, 3.05) is 5.32 Å². The molecule has 6 heteroatoms. The molecule has 1 amide bonds. The van der Waals surface area contributed by atoms with Crippen LogP contribution in [0.4, 0.5) is 5.69 Å². The molecule has 20 heavy (non-hydrogen) atoms. The molecule has 0 saturated heterocycles. The zero-order valence-electron chi connectivity index (χ0n) is 11.2. The van der Waals surface area contributed by atoms with E-state index in [1.165, 1.54) is 12.4 Å². The van der Waals surface area contributed by atoms with Gasteiger partial charge in [-0.25, -0.2) is 4.79 Å². The predicted octanol–water partition coefficient (Wildman–Crippen LogP) is 2.23. The lowest BCUT2D eigenvalue weighted by Gasteiger charge is -2.08. The van der Waals surface area contributed by atoms with E-state index in [1.807, 2.05) is 0 Å². The van der Waals surface area contributed by atoms with Crippen LogP contribution in [0, 0.1) is 0 Å². The highest BCUT2D eigenvalue weighted by molar-refractivity contribution is 6.04. The maximum atomic E-state index is 11.8. The number of H-pyrrole nitrogens is 1. The Hall–Kier alpha value is -2.63. The topological polar surface area (TPSA) is 84.1 Å². The monoisotopic (exact) mass is 273 g/mol. The van der Waals surface area contributed by atoms with Crippen LogP contribution in [0.3, 0.4) is 0 Å². The molecule has 0 bridgehead atoms. The van der Waals surface area contributed by atoms with Gasteiger partial charge in [-0.1, -0.05) is 0 Å². The molecular weight excluding hydrogens is 258 g/mol. The van der Waals surface area contributed by atoms with Gasteiger partial charge in [0.1, 0.15) is 0 Å². The maximum absolute atomic E-state index is 11.8. The van der Waals surface area contributed by atoms with Gasteiger partial charge in [-0.3, -0.25) is 9.89 Å². The summed E-state index contributed by atoms with van der Waals surface area (Å²) in [6.07, 6.45) is 2.77. The number of benzene rings is 1. The van der Waals surface area contributed by atoms with Gasteiger partial charge in [0.2, 0.25) is 0 Å². The first kappa shape index (κ1) is 13.8. The summed E-state index contributed by atoms with van der Waals surface area (Å²) in [6, 6.07) is 6.51. The van der Waals surface area contributed by atoms with Crippen molar-refractivity contribution in [3.8, 4) is 0 Å². The first-order chi connectivity index (χ1) is 9.56. The van der Waals surface area contributed by atoms with Crippen LogP contribution in [0.1, 0.15) is 34.6 Å². The van der Waals surface area contributed by atoms with Gasteiger partial charge in [0, 0.05) is 11.9 Å². The predicted molar refractivity (Wildman–Crippen MR) is 73.5 cm³/mol. The Morgan fingerprint density at radius 3 is 2.45 bits per heavy atom. The minimum absolute atomic E-state index is 0.164. The Morgan fingerprint density at radius 2 is 1.90 bits per heavy atom. The third-order valence-corrected chi connectivity index (χ3v) is 2.48. The molecule has 0 fully saturated rings. The number of rotatable bonds is 4. The fourth-order valence-electron chi connectivity index (χ4n) is 1.55. The quantitative estimate of drug-likeness (QED) is 0.837. The van der Waals surface area contributed by atoms with E-state index in [4.69, 9.17) is 4.74 Å². The van der Waals surface area contributed by atoms with Crippen LogP contribution in [-0.4, -0.2) is 28.2 Å². The lowest BCUT2D eigenvalue weighted by Crippen LogP contribution is -2.13. The average molecular weight is 273 g/mol. The van der Waals surface area contributed by atoms with Crippen molar-refractivity contribution in [3.05, 3.63) is 47.8 Å². The van der Waals surface area contributed by atoms with Crippen LogP contribution >= 0.6 is 0 Å². The fourth-order valence-corrected chi connectivity index (χ4v) is 1.55. The van der Waals surface area contributed by atoms with Crippen molar-refractivity contribution in [2.45, 2.75) is 20.0 Å².